The number of rotatable bonds is 5. The maximum absolute atomic E-state index is 12.4. The summed E-state index contributed by atoms with van der Waals surface area (Å²) in [4.78, 5) is 19.0. The Morgan fingerprint density at radius 1 is 1.22 bits per heavy atom. The zero-order valence-electron chi connectivity index (χ0n) is 14.0. The number of nitrogens with zero attached hydrogens (tertiary/aromatic N) is 3. The average molecular weight is 321 g/mol. The standard InChI is InChI=1S/C17H27N3O3/c1-22-11-10-15-18-17(23-19-15)13-8-9-16(21)20(12-13)14-6-4-2-3-5-7-14/h13-14H,2-12H2,1H3/t13-/m0/s1. The minimum absolute atomic E-state index is 0.180. The van der Waals surface area contributed by atoms with Crippen LogP contribution in [0, 0.1) is 0 Å². The van der Waals surface area contributed by atoms with Gasteiger partial charge < -0.3 is 14.2 Å². The number of carbonyl (C=O) groups is 1. The molecule has 1 atom stereocenters. The molecule has 2 heterocycles. The Kier molecular flexibility index (Phi) is 5.65. The second kappa shape index (κ2) is 7.90. The van der Waals surface area contributed by atoms with Gasteiger partial charge in [-0.3, -0.25) is 4.79 Å². The van der Waals surface area contributed by atoms with Crippen LogP contribution in [0.5, 0.6) is 0 Å². The van der Waals surface area contributed by atoms with Crippen LogP contribution < -0.4 is 0 Å². The van der Waals surface area contributed by atoms with E-state index in [9.17, 15) is 4.79 Å². The molecular formula is C17H27N3O3. The molecular weight excluding hydrogens is 294 g/mol. The van der Waals surface area contributed by atoms with Gasteiger partial charge in [-0.25, -0.2) is 0 Å². The van der Waals surface area contributed by atoms with Gasteiger partial charge in [0.2, 0.25) is 11.8 Å². The highest BCUT2D eigenvalue weighted by molar-refractivity contribution is 5.77. The van der Waals surface area contributed by atoms with Crippen molar-refractivity contribution in [3.8, 4) is 0 Å². The summed E-state index contributed by atoms with van der Waals surface area (Å²) in [6.07, 6.45) is 9.43. The molecule has 0 bridgehead atoms. The first-order chi connectivity index (χ1) is 11.3. The van der Waals surface area contributed by atoms with Gasteiger partial charge in [-0.2, -0.15) is 4.98 Å². The zero-order chi connectivity index (χ0) is 16.1. The van der Waals surface area contributed by atoms with Crippen LogP contribution in [0.15, 0.2) is 4.52 Å². The Morgan fingerprint density at radius 3 is 2.74 bits per heavy atom. The van der Waals surface area contributed by atoms with E-state index in [0.717, 1.165) is 25.8 Å². The molecule has 1 saturated carbocycles. The highest BCUT2D eigenvalue weighted by Crippen LogP contribution is 2.31. The molecule has 0 spiro atoms. The fourth-order valence-electron chi connectivity index (χ4n) is 3.72. The fourth-order valence-corrected chi connectivity index (χ4v) is 3.72. The van der Waals surface area contributed by atoms with Gasteiger partial charge >= 0.3 is 0 Å². The molecule has 0 aromatic carbocycles. The summed E-state index contributed by atoms with van der Waals surface area (Å²) in [5, 5.41) is 4.03. The van der Waals surface area contributed by atoms with E-state index in [0.29, 0.717) is 43.1 Å². The van der Waals surface area contributed by atoms with Crippen molar-refractivity contribution in [2.45, 2.75) is 69.7 Å². The van der Waals surface area contributed by atoms with Gasteiger partial charge in [-0.1, -0.05) is 30.8 Å². The largest absolute Gasteiger partial charge is 0.384 e. The Bertz CT molecular complexity index is 509. The van der Waals surface area contributed by atoms with Crippen LogP contribution in [0.1, 0.15) is 69.0 Å². The number of likely N-dealkylation sites (tertiary alicyclic amines) is 1. The third-order valence-corrected chi connectivity index (χ3v) is 5.07. The van der Waals surface area contributed by atoms with Crippen LogP contribution in [-0.4, -0.2) is 47.3 Å². The van der Waals surface area contributed by atoms with E-state index in [-0.39, 0.29) is 5.92 Å². The van der Waals surface area contributed by atoms with E-state index < -0.39 is 0 Å². The maximum atomic E-state index is 12.4. The number of hydrogen-bond donors (Lipinski definition) is 0. The minimum Gasteiger partial charge on any atom is -0.384 e. The Balaban J connectivity index is 1.64. The van der Waals surface area contributed by atoms with Crippen molar-refractivity contribution in [2.75, 3.05) is 20.3 Å². The predicted molar refractivity (Wildman–Crippen MR) is 85.1 cm³/mol. The molecule has 3 rings (SSSR count). The van der Waals surface area contributed by atoms with E-state index in [4.69, 9.17) is 9.26 Å². The van der Waals surface area contributed by atoms with Gasteiger partial charge in [0.05, 0.1) is 12.5 Å². The summed E-state index contributed by atoms with van der Waals surface area (Å²) in [5.74, 6) is 1.86. The Morgan fingerprint density at radius 2 is 2.00 bits per heavy atom. The first-order valence-electron chi connectivity index (χ1n) is 8.89. The zero-order valence-corrected chi connectivity index (χ0v) is 14.0. The summed E-state index contributed by atoms with van der Waals surface area (Å²) >= 11 is 0. The highest BCUT2D eigenvalue weighted by Gasteiger charge is 2.34. The van der Waals surface area contributed by atoms with E-state index in [1.165, 1.54) is 25.7 Å². The van der Waals surface area contributed by atoms with Crippen LogP contribution in [-0.2, 0) is 16.0 Å². The second-order valence-corrected chi connectivity index (χ2v) is 6.72. The molecule has 23 heavy (non-hydrogen) atoms. The lowest BCUT2D eigenvalue weighted by atomic mass is 9.94. The number of aromatic nitrogens is 2. The van der Waals surface area contributed by atoms with E-state index in [1.54, 1.807) is 7.11 Å². The summed E-state index contributed by atoms with van der Waals surface area (Å²) < 4.78 is 10.5. The van der Waals surface area contributed by atoms with Crippen LogP contribution in [0.25, 0.3) is 0 Å². The van der Waals surface area contributed by atoms with Gasteiger partial charge in [0.1, 0.15) is 0 Å². The number of amides is 1. The van der Waals surface area contributed by atoms with E-state index >= 15 is 0 Å². The monoisotopic (exact) mass is 321 g/mol. The molecule has 128 valence electrons. The molecule has 1 aromatic heterocycles. The van der Waals surface area contributed by atoms with Crippen LogP contribution in [0.2, 0.25) is 0 Å². The summed E-state index contributed by atoms with van der Waals surface area (Å²) in [6, 6.07) is 0.406. The quantitative estimate of drug-likeness (QED) is 0.780. The van der Waals surface area contributed by atoms with Crippen LogP contribution in [0.4, 0.5) is 0 Å². The SMILES string of the molecule is COCCc1noc([C@H]2CCC(=O)N(C3CCCCCC3)C2)n1. The van der Waals surface area contributed by atoms with E-state index in [2.05, 4.69) is 15.0 Å². The normalized spacial score (nSPS) is 24.0. The minimum atomic E-state index is 0.180. The molecule has 1 aliphatic heterocycles. The average Bonchev–Trinajstić information content (AvgIpc) is 2.87. The third-order valence-electron chi connectivity index (χ3n) is 5.07. The highest BCUT2D eigenvalue weighted by atomic mass is 16.5. The summed E-state index contributed by atoms with van der Waals surface area (Å²) in [7, 11) is 1.67. The molecule has 1 saturated heterocycles. The lowest BCUT2D eigenvalue weighted by molar-refractivity contribution is -0.136. The number of piperidine rings is 1. The van der Waals surface area contributed by atoms with Crippen molar-refractivity contribution < 1.29 is 14.1 Å². The van der Waals surface area contributed by atoms with Crippen LogP contribution in [0.3, 0.4) is 0 Å². The van der Waals surface area contributed by atoms with Gasteiger partial charge in [0.15, 0.2) is 5.82 Å². The van der Waals surface area contributed by atoms with Gasteiger partial charge in [0.25, 0.3) is 0 Å². The van der Waals surface area contributed by atoms with Crippen molar-refractivity contribution in [2.24, 2.45) is 0 Å². The predicted octanol–water partition coefficient (Wildman–Crippen LogP) is 2.69. The molecule has 1 aromatic rings. The van der Waals surface area contributed by atoms with Crippen molar-refractivity contribution in [3.05, 3.63) is 11.7 Å². The first kappa shape index (κ1) is 16.4. The summed E-state index contributed by atoms with van der Waals surface area (Å²) in [6.45, 7) is 1.33. The van der Waals surface area contributed by atoms with Crippen molar-refractivity contribution >= 4 is 5.91 Å². The molecule has 2 aliphatic rings. The van der Waals surface area contributed by atoms with Crippen LogP contribution >= 0.6 is 0 Å². The maximum Gasteiger partial charge on any atom is 0.231 e. The molecule has 0 radical (unpaired) electrons. The second-order valence-electron chi connectivity index (χ2n) is 6.72. The lowest BCUT2D eigenvalue weighted by Gasteiger charge is -2.37. The van der Waals surface area contributed by atoms with E-state index in [1.807, 2.05) is 0 Å². The fraction of sp³-hybridized carbons (Fsp3) is 0.824. The summed E-state index contributed by atoms with van der Waals surface area (Å²) in [5.41, 5.74) is 0. The van der Waals surface area contributed by atoms with Crippen molar-refractivity contribution in [1.82, 2.24) is 15.0 Å². The molecule has 0 unspecified atom stereocenters. The number of methoxy groups -OCH3 is 1. The number of hydrogen-bond acceptors (Lipinski definition) is 5. The molecule has 6 heteroatoms. The Labute approximate surface area is 137 Å². The van der Waals surface area contributed by atoms with Gasteiger partial charge in [-0.15, -0.1) is 0 Å². The smallest absolute Gasteiger partial charge is 0.231 e. The van der Waals surface area contributed by atoms with Crippen molar-refractivity contribution in [1.29, 1.82) is 0 Å². The molecule has 1 amide bonds. The molecule has 1 aliphatic carbocycles. The molecule has 2 fully saturated rings. The molecule has 6 nitrogen and oxygen atoms in total. The van der Waals surface area contributed by atoms with Gasteiger partial charge in [-0.05, 0) is 19.3 Å². The van der Waals surface area contributed by atoms with Crippen molar-refractivity contribution in [3.63, 3.8) is 0 Å². The van der Waals surface area contributed by atoms with Gasteiger partial charge in [0, 0.05) is 32.5 Å². The number of carbonyl (C=O) groups excluding carboxylic acids is 1. The lowest BCUT2D eigenvalue weighted by Crippen LogP contribution is -2.45. The molecule has 0 N–H and O–H groups in total. The third kappa shape index (κ3) is 4.10. The first-order valence-corrected chi connectivity index (χ1v) is 8.89. The topological polar surface area (TPSA) is 68.5 Å². The number of ether oxygens (including phenoxy) is 1. The Hall–Kier alpha value is -1.43.